The normalized spacial score (nSPS) is 11.2. The van der Waals surface area contributed by atoms with Gasteiger partial charge in [-0.05, 0) is 41.6 Å². The molecule has 0 radical (unpaired) electrons. The van der Waals surface area contributed by atoms with E-state index in [1.807, 2.05) is 41.7 Å². The molecule has 110 valence electrons. The smallest absolute Gasteiger partial charge is 0.313 e. The number of nitro groups is 1. The predicted octanol–water partition coefficient (Wildman–Crippen LogP) is 2.34. The van der Waals surface area contributed by atoms with E-state index < -0.39 is 11.0 Å². The van der Waals surface area contributed by atoms with Crippen molar-refractivity contribution < 1.29 is 9.66 Å². The Hall–Kier alpha value is -1.91. The average Bonchev–Trinajstić information content (AvgIpc) is 2.47. The van der Waals surface area contributed by atoms with Crippen molar-refractivity contribution in [1.82, 2.24) is 5.32 Å². The Bertz CT molecular complexity index is 607. The van der Waals surface area contributed by atoms with E-state index in [0.717, 1.165) is 6.42 Å². The summed E-state index contributed by atoms with van der Waals surface area (Å²) < 4.78 is 5.90. The maximum Gasteiger partial charge on any atom is 0.313 e. The molecular formula is C13H13IN4O3. The first-order valence-electron chi connectivity index (χ1n) is 6.17. The van der Waals surface area contributed by atoms with Crippen LogP contribution in [0.2, 0.25) is 0 Å². The van der Waals surface area contributed by atoms with Crippen molar-refractivity contribution in [3.05, 3.63) is 31.4 Å². The summed E-state index contributed by atoms with van der Waals surface area (Å²) in [7, 11) is 0. The lowest BCUT2D eigenvalue weighted by molar-refractivity contribution is -0.386. The zero-order valence-electron chi connectivity index (χ0n) is 11.3. The van der Waals surface area contributed by atoms with Gasteiger partial charge in [0.15, 0.2) is 0 Å². The number of nitro benzene ring substituents is 1. The Morgan fingerprint density at radius 3 is 2.76 bits per heavy atom. The van der Waals surface area contributed by atoms with Crippen molar-refractivity contribution in [2.24, 2.45) is 0 Å². The van der Waals surface area contributed by atoms with Crippen LogP contribution in [0.15, 0.2) is 12.1 Å². The van der Waals surface area contributed by atoms with Crippen LogP contribution >= 0.6 is 22.6 Å². The fraction of sp³-hybridized carbons (Fsp3) is 0.385. The Morgan fingerprint density at radius 2 is 2.24 bits per heavy atom. The zero-order valence-corrected chi connectivity index (χ0v) is 13.5. The molecule has 0 heterocycles. The molecule has 0 aliphatic rings. The van der Waals surface area contributed by atoms with E-state index in [-0.39, 0.29) is 23.6 Å². The first-order valence-corrected chi connectivity index (χ1v) is 7.25. The Balaban J connectivity index is 2.95. The molecule has 0 saturated heterocycles. The number of nitrogens with zero attached hydrogens (tertiary/aromatic N) is 3. The largest absolute Gasteiger partial charge is 0.483 e. The van der Waals surface area contributed by atoms with Crippen LogP contribution in [0.3, 0.4) is 0 Å². The lowest BCUT2D eigenvalue weighted by atomic mass is 10.2. The molecule has 1 aromatic rings. The molecule has 1 aromatic carbocycles. The monoisotopic (exact) mass is 400 g/mol. The SMILES string of the molecule is CCCNC(C#N)COc1c(I)cc(C#N)cc1[N+](=O)[O-]. The van der Waals surface area contributed by atoms with Crippen molar-refractivity contribution in [2.45, 2.75) is 19.4 Å². The second-order valence-electron chi connectivity index (χ2n) is 4.12. The molecule has 0 aliphatic heterocycles. The van der Waals surface area contributed by atoms with Gasteiger partial charge in [0.25, 0.3) is 0 Å². The lowest BCUT2D eigenvalue weighted by Crippen LogP contribution is -2.34. The third-order valence-corrected chi connectivity index (χ3v) is 3.34. The highest BCUT2D eigenvalue weighted by Crippen LogP contribution is 2.33. The molecule has 0 spiro atoms. The van der Waals surface area contributed by atoms with Crippen LogP contribution in [0.1, 0.15) is 18.9 Å². The molecule has 0 aliphatic carbocycles. The summed E-state index contributed by atoms with van der Waals surface area (Å²) in [6, 6.07) is 6.03. The van der Waals surface area contributed by atoms with E-state index in [4.69, 9.17) is 15.3 Å². The van der Waals surface area contributed by atoms with Crippen molar-refractivity contribution in [3.63, 3.8) is 0 Å². The predicted molar refractivity (Wildman–Crippen MR) is 83.7 cm³/mol. The first-order chi connectivity index (χ1) is 10.0. The minimum atomic E-state index is -0.598. The van der Waals surface area contributed by atoms with Gasteiger partial charge in [0.2, 0.25) is 5.75 Å². The number of rotatable bonds is 7. The van der Waals surface area contributed by atoms with Crippen LogP contribution in [0, 0.1) is 36.3 Å². The maximum atomic E-state index is 11.1. The molecule has 0 aromatic heterocycles. The highest BCUT2D eigenvalue weighted by Gasteiger charge is 2.21. The summed E-state index contributed by atoms with van der Waals surface area (Å²) >= 11 is 1.87. The van der Waals surface area contributed by atoms with E-state index in [2.05, 4.69) is 5.32 Å². The van der Waals surface area contributed by atoms with Crippen LogP contribution in [-0.2, 0) is 0 Å². The Labute approximate surface area is 135 Å². The number of halogens is 1. The molecule has 8 heteroatoms. The number of benzene rings is 1. The second-order valence-corrected chi connectivity index (χ2v) is 5.28. The summed E-state index contributed by atoms with van der Waals surface area (Å²) in [6.45, 7) is 2.63. The van der Waals surface area contributed by atoms with Gasteiger partial charge in [0, 0.05) is 6.07 Å². The van der Waals surface area contributed by atoms with Crippen LogP contribution in [0.4, 0.5) is 5.69 Å². The van der Waals surface area contributed by atoms with Gasteiger partial charge < -0.3 is 4.74 Å². The Morgan fingerprint density at radius 1 is 1.52 bits per heavy atom. The quantitative estimate of drug-likeness (QED) is 0.427. The van der Waals surface area contributed by atoms with Crippen LogP contribution < -0.4 is 10.1 Å². The molecule has 1 rings (SSSR count). The van der Waals surface area contributed by atoms with Crippen molar-refractivity contribution in [1.29, 1.82) is 10.5 Å². The molecule has 7 nitrogen and oxygen atoms in total. The van der Waals surface area contributed by atoms with Crippen LogP contribution in [0.5, 0.6) is 5.75 Å². The number of hydrogen-bond donors (Lipinski definition) is 1. The minimum Gasteiger partial charge on any atom is -0.483 e. The van der Waals surface area contributed by atoms with Crippen LogP contribution in [-0.4, -0.2) is 24.1 Å². The van der Waals surface area contributed by atoms with Gasteiger partial charge in [-0.1, -0.05) is 6.92 Å². The van der Waals surface area contributed by atoms with Crippen molar-refractivity contribution in [2.75, 3.05) is 13.2 Å². The van der Waals surface area contributed by atoms with E-state index >= 15 is 0 Å². The highest BCUT2D eigenvalue weighted by atomic mass is 127. The molecule has 21 heavy (non-hydrogen) atoms. The summed E-state index contributed by atoms with van der Waals surface area (Å²) in [6.07, 6.45) is 0.868. The molecule has 1 N–H and O–H groups in total. The molecule has 0 amide bonds. The molecule has 1 atom stereocenters. The summed E-state index contributed by atoms with van der Waals surface area (Å²) in [5, 5.41) is 31.9. The number of nitriles is 2. The summed E-state index contributed by atoms with van der Waals surface area (Å²) in [5.74, 6) is 0.0816. The molecule has 0 fully saturated rings. The topological polar surface area (TPSA) is 112 Å². The van der Waals surface area contributed by atoms with Crippen molar-refractivity contribution in [3.8, 4) is 17.9 Å². The van der Waals surface area contributed by atoms with E-state index in [1.54, 1.807) is 0 Å². The fourth-order valence-corrected chi connectivity index (χ4v) is 2.32. The van der Waals surface area contributed by atoms with Crippen LogP contribution in [0.25, 0.3) is 0 Å². The highest BCUT2D eigenvalue weighted by molar-refractivity contribution is 14.1. The van der Waals surface area contributed by atoms with Gasteiger partial charge in [-0.3, -0.25) is 15.4 Å². The van der Waals surface area contributed by atoms with Gasteiger partial charge in [-0.25, -0.2) is 0 Å². The zero-order chi connectivity index (χ0) is 15.8. The molecule has 0 bridgehead atoms. The number of ether oxygens (including phenoxy) is 1. The second kappa shape index (κ2) is 8.39. The lowest BCUT2D eigenvalue weighted by Gasteiger charge is -2.13. The third kappa shape index (κ3) is 4.85. The van der Waals surface area contributed by atoms with E-state index in [9.17, 15) is 10.1 Å². The summed E-state index contributed by atoms with van der Waals surface area (Å²) in [4.78, 5) is 10.5. The van der Waals surface area contributed by atoms with Crippen molar-refractivity contribution >= 4 is 28.3 Å². The molecule has 1 unspecified atom stereocenters. The average molecular weight is 400 g/mol. The van der Waals surface area contributed by atoms with E-state index in [0.29, 0.717) is 10.1 Å². The third-order valence-electron chi connectivity index (χ3n) is 2.54. The van der Waals surface area contributed by atoms with Gasteiger partial charge in [0.1, 0.15) is 12.6 Å². The van der Waals surface area contributed by atoms with E-state index in [1.165, 1.54) is 12.1 Å². The van der Waals surface area contributed by atoms with Gasteiger partial charge in [-0.15, -0.1) is 0 Å². The summed E-state index contributed by atoms with van der Waals surface area (Å²) in [5.41, 5.74) is -0.0787. The molecular weight excluding hydrogens is 387 g/mol. The van der Waals surface area contributed by atoms with Gasteiger partial charge >= 0.3 is 5.69 Å². The fourth-order valence-electron chi connectivity index (χ4n) is 1.55. The standard InChI is InChI=1S/C13H13IN4O3/c1-2-3-17-10(7-16)8-21-13-11(14)4-9(6-15)5-12(13)18(19)20/h4-5,10,17H,2-3,8H2,1H3. The maximum absolute atomic E-state index is 11.1. The van der Waals surface area contributed by atoms with Gasteiger partial charge in [0.05, 0.1) is 26.2 Å². The molecule has 0 saturated carbocycles. The number of hydrogen-bond acceptors (Lipinski definition) is 6. The minimum absolute atomic E-state index is 0.000752. The van der Waals surface area contributed by atoms with Gasteiger partial charge in [-0.2, -0.15) is 10.5 Å². The Kier molecular flexibility index (Phi) is 6.85. The first kappa shape index (κ1) is 17.1. The number of nitrogens with one attached hydrogen (secondary N) is 1.